The molecule has 16 heavy (non-hydrogen) atoms. The molecule has 1 aromatic rings. The van der Waals surface area contributed by atoms with Crippen molar-refractivity contribution < 1.29 is 0 Å². The van der Waals surface area contributed by atoms with Gasteiger partial charge in [-0.25, -0.2) is 0 Å². The standard InChI is InChI=1S/C14H16N2/c15-9-11-1-5-13(6-2-11)16-10-14(7-8-14)12-3-4-12/h1-2,5-6,12,16H,3-4,7-8,10H2. The Kier molecular flexibility index (Phi) is 2.14. The maximum absolute atomic E-state index is 8.71. The minimum Gasteiger partial charge on any atom is -0.384 e. The van der Waals surface area contributed by atoms with Crippen LogP contribution in [0.2, 0.25) is 0 Å². The SMILES string of the molecule is N#Cc1ccc(NCC2(C3CC3)CC2)cc1. The molecule has 0 aromatic heterocycles. The molecule has 0 spiro atoms. The van der Waals surface area contributed by atoms with Crippen LogP contribution >= 0.6 is 0 Å². The number of nitriles is 1. The van der Waals surface area contributed by atoms with E-state index in [1.165, 1.54) is 25.7 Å². The van der Waals surface area contributed by atoms with Gasteiger partial charge in [-0.1, -0.05) is 0 Å². The van der Waals surface area contributed by atoms with Gasteiger partial charge in [0, 0.05) is 12.2 Å². The minimum absolute atomic E-state index is 0.633. The fraction of sp³-hybridized carbons (Fsp3) is 0.500. The summed E-state index contributed by atoms with van der Waals surface area (Å²) in [6.07, 6.45) is 5.69. The molecule has 1 aromatic carbocycles. The molecule has 0 unspecified atom stereocenters. The van der Waals surface area contributed by atoms with E-state index in [4.69, 9.17) is 5.26 Å². The molecule has 2 fully saturated rings. The first kappa shape index (κ1) is 9.72. The zero-order valence-electron chi connectivity index (χ0n) is 9.37. The molecule has 82 valence electrons. The molecule has 2 nitrogen and oxygen atoms in total. The van der Waals surface area contributed by atoms with Crippen LogP contribution in [0.4, 0.5) is 5.69 Å². The van der Waals surface area contributed by atoms with E-state index < -0.39 is 0 Å². The van der Waals surface area contributed by atoms with Gasteiger partial charge < -0.3 is 5.32 Å². The van der Waals surface area contributed by atoms with Crippen LogP contribution in [0.3, 0.4) is 0 Å². The lowest BCUT2D eigenvalue weighted by Crippen LogP contribution is -2.17. The van der Waals surface area contributed by atoms with Crippen molar-refractivity contribution in [1.82, 2.24) is 0 Å². The first-order chi connectivity index (χ1) is 7.82. The van der Waals surface area contributed by atoms with Crippen LogP contribution < -0.4 is 5.32 Å². The summed E-state index contributed by atoms with van der Waals surface area (Å²) in [5.41, 5.74) is 2.51. The largest absolute Gasteiger partial charge is 0.384 e. The molecule has 0 atom stereocenters. The molecule has 2 aliphatic carbocycles. The Balaban J connectivity index is 1.60. The quantitative estimate of drug-likeness (QED) is 0.832. The Labute approximate surface area is 96.3 Å². The summed E-state index contributed by atoms with van der Waals surface area (Å²) in [7, 11) is 0. The van der Waals surface area contributed by atoms with Gasteiger partial charge in [-0.15, -0.1) is 0 Å². The third-order valence-electron chi connectivity index (χ3n) is 3.99. The van der Waals surface area contributed by atoms with E-state index in [0.717, 1.165) is 23.7 Å². The fourth-order valence-corrected chi connectivity index (χ4v) is 2.53. The summed E-state index contributed by atoms with van der Waals surface area (Å²) in [6.45, 7) is 1.11. The van der Waals surface area contributed by atoms with Crippen LogP contribution in [0.1, 0.15) is 31.2 Å². The van der Waals surface area contributed by atoms with Gasteiger partial charge in [-0.3, -0.25) is 0 Å². The van der Waals surface area contributed by atoms with Gasteiger partial charge in [0.25, 0.3) is 0 Å². The summed E-state index contributed by atoms with van der Waals surface area (Å²) in [5.74, 6) is 0.999. The van der Waals surface area contributed by atoms with E-state index in [-0.39, 0.29) is 0 Å². The molecular weight excluding hydrogens is 196 g/mol. The van der Waals surface area contributed by atoms with Gasteiger partial charge in [0.1, 0.15) is 0 Å². The predicted octanol–water partition coefficient (Wildman–Crippen LogP) is 3.16. The molecule has 0 aliphatic heterocycles. The summed E-state index contributed by atoms with van der Waals surface area (Å²) >= 11 is 0. The van der Waals surface area contributed by atoms with E-state index in [1.54, 1.807) is 0 Å². The molecule has 2 saturated carbocycles. The Morgan fingerprint density at radius 1 is 1.25 bits per heavy atom. The van der Waals surface area contributed by atoms with Crippen LogP contribution in [0, 0.1) is 22.7 Å². The van der Waals surface area contributed by atoms with Crippen molar-refractivity contribution in [3.8, 4) is 6.07 Å². The van der Waals surface area contributed by atoms with Gasteiger partial charge in [0.15, 0.2) is 0 Å². The van der Waals surface area contributed by atoms with Gasteiger partial charge in [-0.05, 0) is 61.3 Å². The van der Waals surface area contributed by atoms with Crippen molar-refractivity contribution in [2.24, 2.45) is 11.3 Å². The molecule has 2 heteroatoms. The average Bonchev–Trinajstić information content (AvgIpc) is 3.17. The predicted molar refractivity (Wildman–Crippen MR) is 64.0 cm³/mol. The third-order valence-corrected chi connectivity index (χ3v) is 3.99. The molecule has 2 aliphatic rings. The van der Waals surface area contributed by atoms with Gasteiger partial charge in [0.2, 0.25) is 0 Å². The zero-order chi connectivity index (χ0) is 11.0. The smallest absolute Gasteiger partial charge is 0.0991 e. The van der Waals surface area contributed by atoms with Crippen molar-refractivity contribution in [3.05, 3.63) is 29.8 Å². The Morgan fingerprint density at radius 3 is 2.44 bits per heavy atom. The lowest BCUT2D eigenvalue weighted by atomic mass is 10.0. The molecule has 1 N–H and O–H groups in total. The van der Waals surface area contributed by atoms with Crippen LogP contribution in [-0.4, -0.2) is 6.54 Å². The van der Waals surface area contributed by atoms with Crippen molar-refractivity contribution in [3.63, 3.8) is 0 Å². The van der Waals surface area contributed by atoms with E-state index >= 15 is 0 Å². The summed E-state index contributed by atoms with van der Waals surface area (Å²) in [6, 6.07) is 9.89. The van der Waals surface area contributed by atoms with Crippen LogP contribution in [0.15, 0.2) is 24.3 Å². The topological polar surface area (TPSA) is 35.8 Å². The molecule has 3 rings (SSSR count). The Bertz CT molecular complexity index is 419. The number of nitrogens with zero attached hydrogens (tertiary/aromatic N) is 1. The molecule has 0 heterocycles. The summed E-state index contributed by atoms with van der Waals surface area (Å²) in [4.78, 5) is 0. The number of nitrogens with one attached hydrogen (secondary N) is 1. The normalized spacial score (nSPS) is 21.2. The number of hydrogen-bond donors (Lipinski definition) is 1. The van der Waals surface area contributed by atoms with E-state index in [1.807, 2.05) is 24.3 Å². The number of anilines is 1. The maximum atomic E-state index is 8.71. The van der Waals surface area contributed by atoms with Gasteiger partial charge in [0.05, 0.1) is 11.6 Å². The van der Waals surface area contributed by atoms with E-state index in [0.29, 0.717) is 5.41 Å². The van der Waals surface area contributed by atoms with Crippen LogP contribution in [0.5, 0.6) is 0 Å². The Hall–Kier alpha value is -1.49. The van der Waals surface area contributed by atoms with Crippen molar-refractivity contribution in [1.29, 1.82) is 5.26 Å². The second-order valence-corrected chi connectivity index (χ2v) is 5.18. The van der Waals surface area contributed by atoms with E-state index in [2.05, 4.69) is 11.4 Å². The highest BCUT2D eigenvalue weighted by molar-refractivity contribution is 5.47. The van der Waals surface area contributed by atoms with Crippen LogP contribution in [0.25, 0.3) is 0 Å². The van der Waals surface area contributed by atoms with Crippen molar-refractivity contribution in [2.75, 3.05) is 11.9 Å². The summed E-state index contributed by atoms with van der Waals surface area (Å²) < 4.78 is 0. The van der Waals surface area contributed by atoms with Gasteiger partial charge >= 0.3 is 0 Å². The monoisotopic (exact) mass is 212 g/mol. The number of hydrogen-bond acceptors (Lipinski definition) is 2. The fourth-order valence-electron chi connectivity index (χ4n) is 2.53. The highest BCUT2D eigenvalue weighted by Gasteiger charge is 2.53. The molecular formula is C14H16N2. The molecule has 0 saturated heterocycles. The van der Waals surface area contributed by atoms with Crippen molar-refractivity contribution in [2.45, 2.75) is 25.7 Å². The van der Waals surface area contributed by atoms with Crippen molar-refractivity contribution >= 4 is 5.69 Å². The lowest BCUT2D eigenvalue weighted by molar-refractivity contribution is 0.467. The average molecular weight is 212 g/mol. The number of rotatable bonds is 4. The second-order valence-electron chi connectivity index (χ2n) is 5.18. The molecule has 0 amide bonds. The maximum Gasteiger partial charge on any atom is 0.0991 e. The summed E-state index contributed by atoms with van der Waals surface area (Å²) in [5, 5.41) is 12.2. The highest BCUT2D eigenvalue weighted by atomic mass is 14.9. The molecule has 0 radical (unpaired) electrons. The van der Waals surface area contributed by atoms with E-state index in [9.17, 15) is 0 Å². The highest BCUT2D eigenvalue weighted by Crippen LogP contribution is 2.61. The zero-order valence-corrected chi connectivity index (χ0v) is 9.37. The lowest BCUT2D eigenvalue weighted by Gasteiger charge is -2.15. The Morgan fingerprint density at radius 2 is 1.94 bits per heavy atom. The second kappa shape index (κ2) is 3.52. The first-order valence-electron chi connectivity index (χ1n) is 6.06. The minimum atomic E-state index is 0.633. The third kappa shape index (κ3) is 1.78. The molecule has 0 bridgehead atoms. The first-order valence-corrected chi connectivity index (χ1v) is 6.06. The number of benzene rings is 1. The van der Waals surface area contributed by atoms with Gasteiger partial charge in [-0.2, -0.15) is 5.26 Å². The van der Waals surface area contributed by atoms with Crippen LogP contribution in [-0.2, 0) is 0 Å².